The molecule has 2 unspecified atom stereocenters. The molecular weight excluding hydrogens is 346 g/mol. The molecule has 2 heterocycles. The summed E-state index contributed by atoms with van der Waals surface area (Å²) in [5, 5.41) is 2.88. The Morgan fingerprint density at radius 3 is 2.74 bits per heavy atom. The van der Waals surface area contributed by atoms with Gasteiger partial charge in [0.2, 0.25) is 11.8 Å². The van der Waals surface area contributed by atoms with Crippen LogP contribution < -0.4 is 15.8 Å². The van der Waals surface area contributed by atoms with Gasteiger partial charge in [-0.15, -0.1) is 0 Å². The molecule has 3 atom stereocenters. The summed E-state index contributed by atoms with van der Waals surface area (Å²) in [7, 11) is 0. The smallest absolute Gasteiger partial charge is 0.270 e. The van der Waals surface area contributed by atoms with Gasteiger partial charge in [0.15, 0.2) is 0 Å². The maximum atomic E-state index is 12.5. The molecule has 1 aromatic rings. The van der Waals surface area contributed by atoms with Gasteiger partial charge in [-0.2, -0.15) is 0 Å². The first-order valence-corrected chi connectivity index (χ1v) is 9.79. The van der Waals surface area contributed by atoms with Crippen molar-refractivity contribution >= 4 is 11.8 Å². The van der Waals surface area contributed by atoms with Crippen LogP contribution in [0.3, 0.4) is 0 Å². The molecule has 2 amide bonds. The summed E-state index contributed by atoms with van der Waals surface area (Å²) < 4.78 is 11.5. The molecule has 7 heteroatoms. The number of aromatic nitrogens is 1. The Morgan fingerprint density at radius 2 is 2.11 bits per heavy atom. The number of ether oxygens (including phenoxy) is 2. The number of carbonyl (C=O) groups is 2. The number of nitrogens with one attached hydrogen (secondary N) is 1. The molecule has 0 spiro atoms. The van der Waals surface area contributed by atoms with Gasteiger partial charge in [0, 0.05) is 24.1 Å². The van der Waals surface area contributed by atoms with E-state index in [0.29, 0.717) is 30.5 Å². The van der Waals surface area contributed by atoms with E-state index < -0.39 is 0 Å². The van der Waals surface area contributed by atoms with Crippen molar-refractivity contribution in [1.29, 1.82) is 0 Å². The lowest BCUT2D eigenvalue weighted by Gasteiger charge is -2.17. The highest BCUT2D eigenvalue weighted by atomic mass is 16.5. The van der Waals surface area contributed by atoms with Crippen LogP contribution in [0.4, 0.5) is 0 Å². The maximum Gasteiger partial charge on any atom is 0.270 e. The second-order valence-electron chi connectivity index (χ2n) is 7.72. The Hall–Kier alpha value is -2.15. The average Bonchev–Trinajstić information content (AvgIpc) is 3.34. The molecule has 3 rings (SSSR count). The van der Waals surface area contributed by atoms with Gasteiger partial charge in [0.25, 0.3) is 5.91 Å². The van der Waals surface area contributed by atoms with Crippen molar-refractivity contribution in [3.63, 3.8) is 0 Å². The first-order valence-electron chi connectivity index (χ1n) is 9.79. The first-order chi connectivity index (χ1) is 12.9. The molecule has 0 aromatic carbocycles. The quantitative estimate of drug-likeness (QED) is 0.688. The molecule has 2 fully saturated rings. The summed E-state index contributed by atoms with van der Waals surface area (Å²) in [5.41, 5.74) is 6.68. The van der Waals surface area contributed by atoms with Crippen molar-refractivity contribution < 1.29 is 19.1 Å². The van der Waals surface area contributed by atoms with E-state index in [-0.39, 0.29) is 29.9 Å². The van der Waals surface area contributed by atoms with Gasteiger partial charge in [-0.25, -0.2) is 4.98 Å². The van der Waals surface area contributed by atoms with Crippen molar-refractivity contribution in [3.05, 3.63) is 23.4 Å². The molecular formula is C20H29N3O4. The number of carbonyl (C=O) groups excluding carboxylic acids is 2. The molecule has 0 radical (unpaired) electrons. The van der Waals surface area contributed by atoms with Crippen LogP contribution >= 0.6 is 0 Å². The van der Waals surface area contributed by atoms with E-state index in [0.717, 1.165) is 37.9 Å². The number of nitrogens with zero attached hydrogens (tertiary/aromatic N) is 1. The second-order valence-corrected chi connectivity index (χ2v) is 7.72. The standard InChI is InChI=1S/C20H29N3O4/c1-12(18(21)24)10-13(2)22-19(25)17-8-7-16(14-5-6-14)20(23-17)27-11-15-4-3-9-26-15/h7-8,12-15H,3-6,9-11H2,1-2H3,(H2,21,24)(H,22,25)/t12-,13?,15?/m0/s1. The Morgan fingerprint density at radius 1 is 1.33 bits per heavy atom. The van der Waals surface area contributed by atoms with Crippen LogP contribution in [-0.4, -0.2) is 42.2 Å². The zero-order valence-corrected chi connectivity index (χ0v) is 16.1. The van der Waals surface area contributed by atoms with E-state index >= 15 is 0 Å². The third-order valence-corrected chi connectivity index (χ3v) is 5.14. The number of hydrogen-bond acceptors (Lipinski definition) is 5. The Labute approximate surface area is 160 Å². The van der Waals surface area contributed by atoms with E-state index in [1.165, 1.54) is 0 Å². The third kappa shape index (κ3) is 5.42. The number of amides is 2. The van der Waals surface area contributed by atoms with Crippen molar-refractivity contribution in [2.45, 2.75) is 64.0 Å². The lowest BCUT2D eigenvalue weighted by molar-refractivity contribution is -0.121. The number of primary amides is 1. The van der Waals surface area contributed by atoms with E-state index in [1.807, 2.05) is 13.0 Å². The number of pyridine rings is 1. The lowest BCUT2D eigenvalue weighted by Crippen LogP contribution is -2.36. The molecule has 148 valence electrons. The summed E-state index contributed by atoms with van der Waals surface area (Å²) in [6.45, 7) is 4.85. The predicted octanol–water partition coefficient (Wildman–Crippen LogP) is 2.15. The molecule has 0 bridgehead atoms. The van der Waals surface area contributed by atoms with Crippen LogP contribution in [0.5, 0.6) is 5.88 Å². The van der Waals surface area contributed by atoms with Crippen LogP contribution in [0.2, 0.25) is 0 Å². The minimum absolute atomic E-state index is 0.103. The van der Waals surface area contributed by atoms with Crippen molar-refractivity contribution in [3.8, 4) is 5.88 Å². The molecule has 3 N–H and O–H groups in total. The number of hydrogen-bond donors (Lipinski definition) is 2. The Kier molecular flexibility index (Phi) is 6.31. The summed E-state index contributed by atoms with van der Waals surface area (Å²) in [6, 6.07) is 3.51. The fourth-order valence-electron chi connectivity index (χ4n) is 3.35. The molecule has 27 heavy (non-hydrogen) atoms. The van der Waals surface area contributed by atoms with E-state index in [1.54, 1.807) is 13.0 Å². The van der Waals surface area contributed by atoms with Crippen LogP contribution in [0.1, 0.15) is 67.9 Å². The minimum atomic E-state index is -0.368. The zero-order valence-electron chi connectivity index (χ0n) is 16.1. The van der Waals surface area contributed by atoms with Crippen LogP contribution in [0.25, 0.3) is 0 Å². The molecule has 1 saturated carbocycles. The topological polar surface area (TPSA) is 104 Å². The molecule has 2 aliphatic rings. The zero-order chi connectivity index (χ0) is 19.4. The maximum absolute atomic E-state index is 12.5. The predicted molar refractivity (Wildman–Crippen MR) is 101 cm³/mol. The van der Waals surface area contributed by atoms with Gasteiger partial charge in [0.1, 0.15) is 12.3 Å². The fraction of sp³-hybridized carbons (Fsp3) is 0.650. The monoisotopic (exact) mass is 375 g/mol. The number of rotatable bonds is 9. The first kappa shape index (κ1) is 19.6. The molecule has 7 nitrogen and oxygen atoms in total. The van der Waals surface area contributed by atoms with Gasteiger partial charge >= 0.3 is 0 Å². The summed E-state index contributed by atoms with van der Waals surface area (Å²) in [6.07, 6.45) is 4.91. The largest absolute Gasteiger partial charge is 0.475 e. The Balaban J connectivity index is 1.64. The fourth-order valence-corrected chi connectivity index (χ4v) is 3.35. The lowest BCUT2D eigenvalue weighted by atomic mass is 10.0. The molecule has 1 aromatic heterocycles. The summed E-state index contributed by atoms with van der Waals surface area (Å²) in [5.74, 6) is 0.0791. The normalized spacial score (nSPS) is 21.5. The van der Waals surface area contributed by atoms with Crippen molar-refractivity contribution in [1.82, 2.24) is 10.3 Å². The van der Waals surface area contributed by atoms with Crippen LogP contribution in [0, 0.1) is 5.92 Å². The summed E-state index contributed by atoms with van der Waals surface area (Å²) in [4.78, 5) is 28.2. The highest BCUT2D eigenvalue weighted by Gasteiger charge is 2.29. The Bertz CT molecular complexity index is 684. The SMILES string of the molecule is CC(C[C@H](C)C(N)=O)NC(=O)c1ccc(C2CC2)c(OCC2CCCO2)n1. The van der Waals surface area contributed by atoms with Gasteiger partial charge in [-0.05, 0) is 51.0 Å². The van der Waals surface area contributed by atoms with E-state index in [2.05, 4.69) is 10.3 Å². The van der Waals surface area contributed by atoms with Gasteiger partial charge in [0.05, 0.1) is 6.10 Å². The van der Waals surface area contributed by atoms with Crippen LogP contribution in [0.15, 0.2) is 12.1 Å². The van der Waals surface area contributed by atoms with E-state index in [9.17, 15) is 9.59 Å². The highest BCUT2D eigenvalue weighted by molar-refractivity contribution is 5.92. The van der Waals surface area contributed by atoms with Crippen molar-refractivity contribution in [2.75, 3.05) is 13.2 Å². The molecule has 1 aliphatic heterocycles. The second kappa shape index (κ2) is 8.69. The molecule has 1 saturated heterocycles. The summed E-state index contributed by atoms with van der Waals surface area (Å²) >= 11 is 0. The van der Waals surface area contributed by atoms with E-state index in [4.69, 9.17) is 15.2 Å². The van der Waals surface area contributed by atoms with Gasteiger partial charge < -0.3 is 20.5 Å². The van der Waals surface area contributed by atoms with Crippen LogP contribution in [-0.2, 0) is 9.53 Å². The van der Waals surface area contributed by atoms with Gasteiger partial charge in [-0.1, -0.05) is 13.0 Å². The third-order valence-electron chi connectivity index (χ3n) is 5.14. The van der Waals surface area contributed by atoms with Gasteiger partial charge in [-0.3, -0.25) is 9.59 Å². The number of nitrogens with two attached hydrogens (primary N) is 1. The molecule has 1 aliphatic carbocycles. The van der Waals surface area contributed by atoms with Crippen molar-refractivity contribution in [2.24, 2.45) is 11.7 Å². The minimum Gasteiger partial charge on any atom is -0.475 e. The average molecular weight is 375 g/mol. The highest BCUT2D eigenvalue weighted by Crippen LogP contribution is 2.43.